The number of pyridine rings is 4. The van der Waals surface area contributed by atoms with Gasteiger partial charge in [0.15, 0.2) is 0 Å². The van der Waals surface area contributed by atoms with Crippen LogP contribution in [0.3, 0.4) is 0 Å². The fraction of sp³-hybridized carbons (Fsp3) is 0.379. The number of aryl methyl sites for hydroxylation is 6. The van der Waals surface area contributed by atoms with Crippen molar-refractivity contribution in [3.63, 3.8) is 0 Å². The largest absolute Gasteiger partial charge is 0.481 e. The molecule has 14 heteroatoms. The van der Waals surface area contributed by atoms with Gasteiger partial charge in [-0.15, -0.1) is 0 Å². The molecule has 0 aliphatic rings. The molecule has 0 aliphatic heterocycles. The van der Waals surface area contributed by atoms with Crippen molar-refractivity contribution in [3.05, 3.63) is 175 Å². The van der Waals surface area contributed by atoms with Crippen molar-refractivity contribution in [2.24, 2.45) is 11.8 Å². The lowest BCUT2D eigenvalue weighted by Gasteiger charge is -2.25. The first-order valence-corrected chi connectivity index (χ1v) is 24.0. The van der Waals surface area contributed by atoms with Crippen LogP contribution in [0.25, 0.3) is 22.3 Å². The minimum atomic E-state index is -1.04. The maximum atomic E-state index is 13.6. The van der Waals surface area contributed by atoms with Gasteiger partial charge in [-0.3, -0.25) is 38.7 Å². The van der Waals surface area contributed by atoms with E-state index in [0.29, 0.717) is 24.0 Å². The molecule has 0 saturated carbocycles. The highest BCUT2D eigenvalue weighted by Gasteiger charge is 2.29. The van der Waals surface area contributed by atoms with Crippen LogP contribution in [0, 0.1) is 53.4 Å². The number of nitrogens with zero attached hydrogens (tertiary/aromatic N) is 4. The summed E-state index contributed by atoms with van der Waals surface area (Å²) in [5.41, 5.74) is 10.1. The van der Waals surface area contributed by atoms with Gasteiger partial charge in [-0.2, -0.15) is 0 Å². The maximum Gasteiger partial charge on any atom is 0.307 e. The summed E-state index contributed by atoms with van der Waals surface area (Å²) in [5, 5.41) is 15.5. The zero-order chi connectivity index (χ0) is 52.1. The molecule has 0 bridgehead atoms. The molecule has 6 rings (SSSR count). The molecule has 0 radical (unpaired) electrons. The minimum Gasteiger partial charge on any atom is -0.481 e. The van der Waals surface area contributed by atoms with Crippen LogP contribution in [0.15, 0.2) is 119 Å². The highest BCUT2D eigenvalue weighted by molar-refractivity contribution is 5.83. The van der Waals surface area contributed by atoms with Crippen molar-refractivity contribution in [1.82, 2.24) is 29.7 Å². The molecule has 4 atom stereocenters. The van der Waals surface area contributed by atoms with Crippen LogP contribution in [0.2, 0.25) is 0 Å². The fourth-order valence-corrected chi connectivity index (χ4v) is 8.52. The van der Waals surface area contributed by atoms with Crippen molar-refractivity contribution < 1.29 is 29.0 Å². The van der Waals surface area contributed by atoms with Gasteiger partial charge in [0.1, 0.15) is 12.1 Å². The molecule has 6 aromatic rings. The molecular formula is C58H72N6O8. The number of nitrogens with one attached hydrogen (secondary N) is 2. The molecule has 4 heterocycles. The molecule has 2 amide bonds. The quantitative estimate of drug-likeness (QED) is 0.0699. The number of esters is 1. The van der Waals surface area contributed by atoms with Gasteiger partial charge in [-0.25, -0.2) is 0 Å². The van der Waals surface area contributed by atoms with Crippen molar-refractivity contribution in [1.29, 1.82) is 0 Å². The van der Waals surface area contributed by atoms with Gasteiger partial charge in [0.2, 0.25) is 11.8 Å². The van der Waals surface area contributed by atoms with E-state index in [-0.39, 0.29) is 49.1 Å². The molecule has 2 aromatic carbocycles. The van der Waals surface area contributed by atoms with Gasteiger partial charge in [-0.1, -0.05) is 83.7 Å². The summed E-state index contributed by atoms with van der Waals surface area (Å²) in [6.45, 7) is 19.5. The molecule has 3 N–H and O–H groups in total. The van der Waals surface area contributed by atoms with E-state index in [1.165, 1.54) is 28.4 Å². The van der Waals surface area contributed by atoms with Crippen LogP contribution < -0.4 is 21.8 Å². The molecule has 14 nitrogen and oxygen atoms in total. The number of ether oxygens (including phenoxy) is 1. The van der Waals surface area contributed by atoms with Crippen molar-refractivity contribution in [3.8, 4) is 22.3 Å². The van der Waals surface area contributed by atoms with Gasteiger partial charge >= 0.3 is 11.9 Å². The smallest absolute Gasteiger partial charge is 0.307 e. The zero-order valence-corrected chi connectivity index (χ0v) is 42.8. The Kier molecular flexibility index (Phi) is 20.7. The van der Waals surface area contributed by atoms with E-state index in [9.17, 15) is 33.9 Å². The summed E-state index contributed by atoms with van der Waals surface area (Å²) < 4.78 is 7.80. The third kappa shape index (κ3) is 15.3. The predicted molar refractivity (Wildman–Crippen MR) is 284 cm³/mol. The van der Waals surface area contributed by atoms with E-state index in [2.05, 4.69) is 20.6 Å². The zero-order valence-electron chi connectivity index (χ0n) is 42.8. The Morgan fingerprint density at radius 2 is 0.972 bits per heavy atom. The number of aliphatic carboxylic acids is 1. The highest BCUT2D eigenvalue weighted by Crippen LogP contribution is 2.32. The average Bonchev–Trinajstić information content (AvgIpc) is 3.30. The molecule has 0 fully saturated rings. The number of amides is 2. The number of benzene rings is 2. The number of carboxylic acids is 1. The summed E-state index contributed by atoms with van der Waals surface area (Å²) in [6, 6.07) is 23.5. The molecule has 0 saturated heterocycles. The van der Waals surface area contributed by atoms with E-state index in [1.807, 2.05) is 136 Å². The molecule has 382 valence electrons. The summed E-state index contributed by atoms with van der Waals surface area (Å²) in [6.07, 6.45) is 7.12. The van der Waals surface area contributed by atoms with Gasteiger partial charge in [0.05, 0.1) is 32.0 Å². The van der Waals surface area contributed by atoms with Gasteiger partial charge < -0.3 is 29.6 Å². The van der Waals surface area contributed by atoms with Crippen LogP contribution in [-0.4, -0.2) is 55.1 Å². The highest BCUT2D eigenvalue weighted by atomic mass is 16.5. The number of carbonyl (C=O) groups is 4. The number of methoxy groups -OCH3 is 1. The number of carbonyl (C=O) groups excluding carboxylic acids is 3. The number of hydrogen-bond acceptors (Lipinski definition) is 9. The van der Waals surface area contributed by atoms with Crippen molar-refractivity contribution in [2.75, 3.05) is 7.11 Å². The number of aromatic nitrogens is 4. The summed E-state index contributed by atoms with van der Waals surface area (Å²) >= 11 is 0. The van der Waals surface area contributed by atoms with E-state index in [1.54, 1.807) is 30.9 Å². The average molecular weight is 981 g/mol. The Morgan fingerprint density at radius 1 is 0.583 bits per heavy atom. The standard InChI is InChI=1S/C29H35N3O4.C28H33N3O4.CH4/c1-18(2)13-26(32-12-11-19(3)14-27(32)33)29(35)31-25(16-28(34)36-6)22-15-24(21(5)30-17-22)23-10-8-7-9-20(23)4;1-17(2)12-25(31-11-10-18(3)13-26(31)32)28(35)30-24(15-27(33)34)21-14-23(20(5)29-16-21)22-9-7-6-8-19(22)4;/h7-12,14-15,17-18,25-26H,13,16H2,1-6H3,(H,31,35);6-11,13-14,16-17,24-25H,12,15H2,1-5H3,(H,30,35)(H,33,34);1H4. The van der Waals surface area contributed by atoms with E-state index < -0.39 is 42.0 Å². The van der Waals surface area contributed by atoms with Crippen molar-refractivity contribution >= 4 is 23.8 Å². The summed E-state index contributed by atoms with van der Waals surface area (Å²) in [5.74, 6) is -1.91. The first kappa shape index (κ1) is 57.1. The molecule has 4 unspecified atom stereocenters. The first-order valence-electron chi connectivity index (χ1n) is 24.0. The lowest BCUT2D eigenvalue weighted by Crippen LogP contribution is -2.40. The van der Waals surface area contributed by atoms with E-state index >= 15 is 0 Å². The van der Waals surface area contributed by atoms with E-state index in [0.717, 1.165) is 55.9 Å². The van der Waals surface area contributed by atoms with Crippen LogP contribution in [-0.2, 0) is 23.9 Å². The molecule has 72 heavy (non-hydrogen) atoms. The van der Waals surface area contributed by atoms with Crippen LogP contribution in [0.4, 0.5) is 0 Å². The SMILES string of the molecule is C.COC(=O)CC(NC(=O)C(CC(C)C)n1ccc(C)cc1=O)c1cnc(C)c(-c2ccccc2C)c1.Cc1ccn(C(CC(C)C)C(=O)NC(CC(=O)O)c2cnc(C)c(-c3ccccc3C)c2)c(=O)c1. The summed E-state index contributed by atoms with van der Waals surface area (Å²) in [4.78, 5) is 85.6. The second kappa shape index (κ2) is 26.1. The fourth-order valence-electron chi connectivity index (χ4n) is 8.52. The number of rotatable bonds is 18. The van der Waals surface area contributed by atoms with Crippen LogP contribution in [0.1, 0.15) is 130 Å². The normalized spacial score (nSPS) is 12.6. The number of carboxylic acid groups (broad SMARTS) is 1. The topological polar surface area (TPSA) is 192 Å². The van der Waals surface area contributed by atoms with Gasteiger partial charge in [-0.05, 0) is 135 Å². The van der Waals surface area contributed by atoms with Crippen LogP contribution in [0.5, 0.6) is 0 Å². The van der Waals surface area contributed by atoms with Gasteiger partial charge in [0, 0.05) is 59.4 Å². The van der Waals surface area contributed by atoms with E-state index in [4.69, 9.17) is 4.74 Å². The third-order valence-corrected chi connectivity index (χ3v) is 12.4. The predicted octanol–water partition coefficient (Wildman–Crippen LogP) is 10.2. The Morgan fingerprint density at radius 3 is 1.32 bits per heavy atom. The minimum absolute atomic E-state index is 0. The lowest BCUT2D eigenvalue weighted by atomic mass is 9.95. The van der Waals surface area contributed by atoms with Crippen molar-refractivity contribution in [2.45, 2.75) is 127 Å². The maximum absolute atomic E-state index is 13.6. The monoisotopic (exact) mass is 981 g/mol. The Labute approximate surface area is 423 Å². The number of hydrogen-bond donors (Lipinski definition) is 3. The molecule has 0 spiro atoms. The lowest BCUT2D eigenvalue weighted by molar-refractivity contribution is -0.142. The molecular weight excluding hydrogens is 909 g/mol. The Hall–Kier alpha value is -7.48. The summed E-state index contributed by atoms with van der Waals surface area (Å²) in [7, 11) is 1.32. The third-order valence-electron chi connectivity index (χ3n) is 12.4. The molecule has 0 aliphatic carbocycles. The van der Waals surface area contributed by atoms with Gasteiger partial charge in [0.25, 0.3) is 11.1 Å². The molecule has 4 aromatic heterocycles. The van der Waals surface area contributed by atoms with Crippen LogP contribution >= 0.6 is 0 Å². The second-order valence-corrected chi connectivity index (χ2v) is 19.1. The Bertz CT molecular complexity index is 2970. The first-order chi connectivity index (χ1) is 33.7. The Balaban J connectivity index is 0.000000308. The second-order valence-electron chi connectivity index (χ2n) is 19.1.